The molecule has 0 aromatic carbocycles. The molecular weight excluding hydrogens is 213 g/mol. The first-order valence-electron chi connectivity index (χ1n) is 2.91. The summed E-state index contributed by atoms with van der Waals surface area (Å²) in [4.78, 5) is 24.0. The van der Waals surface area contributed by atoms with E-state index in [1.54, 1.807) is 4.98 Å². The van der Waals surface area contributed by atoms with Crippen molar-refractivity contribution in [2.45, 2.75) is 6.18 Å². The van der Waals surface area contributed by atoms with Gasteiger partial charge < -0.3 is 4.98 Å². The van der Waals surface area contributed by atoms with Gasteiger partial charge >= 0.3 is 11.9 Å². The van der Waals surface area contributed by atoms with E-state index in [1.807, 2.05) is 0 Å². The Morgan fingerprint density at radius 3 is 2.15 bits per heavy atom. The van der Waals surface area contributed by atoms with Crippen LogP contribution in [0.1, 0.15) is 5.69 Å². The Hall–Kier alpha value is -1.24. The van der Waals surface area contributed by atoms with Gasteiger partial charge in [-0.05, 0) is 0 Å². The summed E-state index contributed by atoms with van der Waals surface area (Å²) in [5, 5.41) is -1.08. The van der Waals surface area contributed by atoms with Crippen LogP contribution in [0.5, 0.6) is 0 Å². The van der Waals surface area contributed by atoms with E-state index in [1.165, 1.54) is 4.98 Å². The third-order valence-electron chi connectivity index (χ3n) is 1.17. The fraction of sp³-hybridized carbons (Fsp3) is 0.200. The molecule has 72 valence electrons. The Balaban J connectivity index is 3.56. The number of aromatic amines is 2. The zero-order valence-electron chi connectivity index (χ0n) is 5.83. The predicted molar refractivity (Wildman–Crippen MR) is 37.7 cm³/mol. The average Bonchev–Trinajstić information content (AvgIpc) is 1.94. The number of alkyl halides is 3. The zero-order valence-corrected chi connectivity index (χ0v) is 6.58. The summed E-state index contributed by atoms with van der Waals surface area (Å²) in [5.74, 6) is 0. The lowest BCUT2D eigenvalue weighted by atomic mass is 10.4. The van der Waals surface area contributed by atoms with E-state index in [2.05, 4.69) is 0 Å². The van der Waals surface area contributed by atoms with E-state index in [0.717, 1.165) is 0 Å². The van der Waals surface area contributed by atoms with Crippen LogP contribution in [0, 0.1) is 0 Å². The summed E-state index contributed by atoms with van der Waals surface area (Å²) in [7, 11) is 0. The number of aromatic nitrogens is 2. The van der Waals surface area contributed by atoms with Crippen molar-refractivity contribution in [3.05, 3.63) is 31.6 Å². The van der Waals surface area contributed by atoms with Crippen molar-refractivity contribution < 1.29 is 13.2 Å². The maximum atomic E-state index is 12.0. The minimum atomic E-state index is -4.84. The molecule has 13 heavy (non-hydrogen) atoms. The summed E-state index contributed by atoms with van der Waals surface area (Å²) >= 11 is 5.02. The minimum absolute atomic E-state index is 1.08. The first-order valence-corrected chi connectivity index (χ1v) is 3.29. The van der Waals surface area contributed by atoms with Crippen LogP contribution >= 0.6 is 11.6 Å². The molecule has 1 rings (SSSR count). The van der Waals surface area contributed by atoms with Gasteiger partial charge in [0, 0.05) is 0 Å². The van der Waals surface area contributed by atoms with Gasteiger partial charge in [-0.3, -0.25) is 9.78 Å². The smallest absolute Gasteiger partial charge is 0.302 e. The highest BCUT2D eigenvalue weighted by molar-refractivity contribution is 6.31. The van der Waals surface area contributed by atoms with E-state index >= 15 is 0 Å². The number of rotatable bonds is 0. The third kappa shape index (κ3) is 1.92. The third-order valence-corrected chi connectivity index (χ3v) is 1.53. The van der Waals surface area contributed by atoms with Crippen LogP contribution in [-0.2, 0) is 6.18 Å². The highest BCUT2D eigenvalue weighted by atomic mass is 35.5. The highest BCUT2D eigenvalue weighted by Gasteiger charge is 2.35. The predicted octanol–water partition coefficient (Wildman–Crippen LogP) is 0.735. The van der Waals surface area contributed by atoms with Gasteiger partial charge in [0.2, 0.25) is 0 Å². The number of nitrogens with one attached hydrogen (secondary N) is 2. The van der Waals surface area contributed by atoms with E-state index in [4.69, 9.17) is 11.6 Å². The summed E-state index contributed by atoms with van der Waals surface area (Å²) < 4.78 is 36.0. The van der Waals surface area contributed by atoms with E-state index in [9.17, 15) is 22.8 Å². The number of H-pyrrole nitrogens is 2. The lowest BCUT2D eigenvalue weighted by Crippen LogP contribution is -2.28. The Bertz CT molecular complexity index is 433. The number of hydrogen-bond acceptors (Lipinski definition) is 2. The SMILES string of the molecule is O=c1[nH]c(C(F)(F)F)c(Cl)c(=O)[nH]1. The van der Waals surface area contributed by atoms with Crippen LogP contribution in [-0.4, -0.2) is 9.97 Å². The summed E-state index contributed by atoms with van der Waals surface area (Å²) in [6.45, 7) is 0. The summed E-state index contributed by atoms with van der Waals surface area (Å²) in [6, 6.07) is 0. The van der Waals surface area contributed by atoms with Gasteiger partial charge in [0.25, 0.3) is 5.56 Å². The normalized spacial score (nSPS) is 11.7. The molecule has 0 fully saturated rings. The van der Waals surface area contributed by atoms with Gasteiger partial charge in [-0.2, -0.15) is 13.2 Å². The second-order valence-corrected chi connectivity index (χ2v) is 2.47. The van der Waals surface area contributed by atoms with Crippen molar-refractivity contribution in [2.75, 3.05) is 0 Å². The average molecular weight is 215 g/mol. The van der Waals surface area contributed by atoms with Crippen molar-refractivity contribution in [2.24, 2.45) is 0 Å². The lowest BCUT2D eigenvalue weighted by Gasteiger charge is -2.05. The number of halogens is 4. The molecule has 0 radical (unpaired) electrons. The molecule has 0 unspecified atom stereocenters. The van der Waals surface area contributed by atoms with Crippen molar-refractivity contribution in [3.63, 3.8) is 0 Å². The molecule has 0 atom stereocenters. The van der Waals surface area contributed by atoms with E-state index in [0.29, 0.717) is 0 Å². The van der Waals surface area contributed by atoms with Gasteiger partial charge in [-0.1, -0.05) is 11.6 Å². The van der Waals surface area contributed by atoms with Crippen molar-refractivity contribution in [1.82, 2.24) is 9.97 Å². The minimum Gasteiger partial charge on any atom is -0.302 e. The van der Waals surface area contributed by atoms with Crippen LogP contribution in [0.15, 0.2) is 9.59 Å². The first kappa shape index (κ1) is 9.85. The van der Waals surface area contributed by atoms with Crippen molar-refractivity contribution in [3.8, 4) is 0 Å². The van der Waals surface area contributed by atoms with Gasteiger partial charge in [-0.25, -0.2) is 4.79 Å². The van der Waals surface area contributed by atoms with Gasteiger partial charge in [-0.15, -0.1) is 0 Å². The Morgan fingerprint density at radius 2 is 1.69 bits per heavy atom. The molecule has 2 N–H and O–H groups in total. The monoisotopic (exact) mass is 214 g/mol. The fourth-order valence-corrected chi connectivity index (χ4v) is 0.868. The molecule has 1 aromatic heterocycles. The number of hydrogen-bond donors (Lipinski definition) is 2. The summed E-state index contributed by atoms with van der Waals surface area (Å²) in [5.41, 5.74) is -4.05. The summed E-state index contributed by atoms with van der Waals surface area (Å²) in [6.07, 6.45) is -4.84. The fourth-order valence-electron chi connectivity index (χ4n) is 0.666. The van der Waals surface area contributed by atoms with E-state index < -0.39 is 28.1 Å². The maximum Gasteiger partial charge on any atom is 0.433 e. The maximum absolute atomic E-state index is 12.0. The molecule has 1 heterocycles. The standard InChI is InChI=1S/C5H2ClF3N2O2/c6-1-2(5(7,8)9)10-4(13)11-3(1)12/h(H2,10,11,12,13). The van der Waals surface area contributed by atoms with Crippen LogP contribution in [0.25, 0.3) is 0 Å². The Kier molecular flexibility index (Phi) is 2.21. The zero-order chi connectivity index (χ0) is 10.2. The van der Waals surface area contributed by atoms with Crippen LogP contribution in [0.4, 0.5) is 13.2 Å². The molecule has 0 aliphatic rings. The first-order chi connectivity index (χ1) is 5.82. The molecule has 0 saturated heterocycles. The van der Waals surface area contributed by atoms with Gasteiger partial charge in [0.05, 0.1) is 0 Å². The van der Waals surface area contributed by atoms with Gasteiger partial charge in [0.1, 0.15) is 10.7 Å². The molecule has 0 aliphatic carbocycles. The lowest BCUT2D eigenvalue weighted by molar-refractivity contribution is -0.141. The molecule has 0 bridgehead atoms. The molecule has 4 nitrogen and oxygen atoms in total. The van der Waals surface area contributed by atoms with Crippen LogP contribution < -0.4 is 11.2 Å². The quantitative estimate of drug-likeness (QED) is 0.669. The highest BCUT2D eigenvalue weighted by Crippen LogP contribution is 2.29. The molecular formula is C5H2ClF3N2O2. The van der Waals surface area contributed by atoms with Crippen molar-refractivity contribution in [1.29, 1.82) is 0 Å². The largest absolute Gasteiger partial charge is 0.433 e. The molecule has 1 aromatic rings. The molecule has 0 saturated carbocycles. The van der Waals surface area contributed by atoms with Crippen LogP contribution in [0.2, 0.25) is 5.02 Å². The molecule has 0 amide bonds. The topological polar surface area (TPSA) is 65.7 Å². The van der Waals surface area contributed by atoms with Gasteiger partial charge in [0.15, 0.2) is 0 Å². The molecule has 0 spiro atoms. The molecule has 8 heteroatoms. The second-order valence-electron chi connectivity index (χ2n) is 2.09. The molecule has 0 aliphatic heterocycles. The Morgan fingerprint density at radius 1 is 1.15 bits per heavy atom. The van der Waals surface area contributed by atoms with Crippen molar-refractivity contribution >= 4 is 11.6 Å². The van der Waals surface area contributed by atoms with Crippen LogP contribution in [0.3, 0.4) is 0 Å². The Labute approximate surface area is 73.4 Å². The second kappa shape index (κ2) is 2.91. The van der Waals surface area contributed by atoms with E-state index in [-0.39, 0.29) is 0 Å².